The molecule has 20 heavy (non-hydrogen) atoms. The van der Waals surface area contributed by atoms with Crippen LogP contribution in [0.25, 0.3) is 11.1 Å². The number of carbonyl (C=O) groups is 2. The van der Waals surface area contributed by atoms with Gasteiger partial charge in [0.05, 0.1) is 11.1 Å². The van der Waals surface area contributed by atoms with E-state index in [9.17, 15) is 9.59 Å². The lowest BCUT2D eigenvalue weighted by atomic mass is 9.97. The van der Waals surface area contributed by atoms with Gasteiger partial charge in [0.1, 0.15) is 0 Å². The standard InChI is InChI=1S/C15H11IO4/c1-8-6-9(14(17)18)2-4-11(8)12-5-3-10(15(19)20)7-13(12)16/h2-7H,1H3,(H,17,18)(H,19,20). The van der Waals surface area contributed by atoms with Crippen LogP contribution in [0.1, 0.15) is 26.3 Å². The first-order chi connectivity index (χ1) is 9.40. The highest BCUT2D eigenvalue weighted by molar-refractivity contribution is 14.1. The largest absolute Gasteiger partial charge is 0.478 e. The molecule has 0 bridgehead atoms. The van der Waals surface area contributed by atoms with Gasteiger partial charge in [-0.2, -0.15) is 0 Å². The third-order valence-electron chi connectivity index (χ3n) is 2.98. The van der Waals surface area contributed by atoms with Gasteiger partial charge in [-0.1, -0.05) is 12.1 Å². The fourth-order valence-corrected chi connectivity index (χ4v) is 2.77. The van der Waals surface area contributed by atoms with E-state index in [0.29, 0.717) is 0 Å². The summed E-state index contributed by atoms with van der Waals surface area (Å²) in [5.41, 5.74) is 3.11. The molecule has 0 atom stereocenters. The predicted molar refractivity (Wildman–Crippen MR) is 83.3 cm³/mol. The van der Waals surface area contributed by atoms with E-state index in [0.717, 1.165) is 20.3 Å². The Morgan fingerprint density at radius 3 is 1.85 bits per heavy atom. The van der Waals surface area contributed by atoms with Gasteiger partial charge in [0.25, 0.3) is 0 Å². The van der Waals surface area contributed by atoms with E-state index < -0.39 is 11.9 Å². The summed E-state index contributed by atoms with van der Waals surface area (Å²) >= 11 is 2.08. The normalized spacial score (nSPS) is 10.3. The summed E-state index contributed by atoms with van der Waals surface area (Å²) in [6, 6.07) is 9.79. The lowest BCUT2D eigenvalue weighted by Gasteiger charge is -2.10. The molecule has 0 saturated heterocycles. The van der Waals surface area contributed by atoms with Crippen LogP contribution in [0, 0.1) is 10.5 Å². The van der Waals surface area contributed by atoms with Crippen LogP contribution in [-0.4, -0.2) is 22.2 Å². The van der Waals surface area contributed by atoms with E-state index in [-0.39, 0.29) is 11.1 Å². The van der Waals surface area contributed by atoms with E-state index in [4.69, 9.17) is 10.2 Å². The van der Waals surface area contributed by atoms with Gasteiger partial charge in [-0.3, -0.25) is 0 Å². The second-order valence-electron chi connectivity index (χ2n) is 4.33. The van der Waals surface area contributed by atoms with Crippen LogP contribution in [-0.2, 0) is 0 Å². The number of hydrogen-bond acceptors (Lipinski definition) is 2. The summed E-state index contributed by atoms with van der Waals surface area (Å²) in [6.07, 6.45) is 0. The van der Waals surface area contributed by atoms with Gasteiger partial charge in [0.2, 0.25) is 0 Å². The number of aromatic carboxylic acids is 2. The van der Waals surface area contributed by atoms with E-state index >= 15 is 0 Å². The minimum absolute atomic E-state index is 0.234. The van der Waals surface area contributed by atoms with Crippen LogP contribution >= 0.6 is 22.6 Å². The highest BCUT2D eigenvalue weighted by atomic mass is 127. The molecule has 0 amide bonds. The Kier molecular flexibility index (Phi) is 4.08. The third-order valence-corrected chi connectivity index (χ3v) is 3.87. The van der Waals surface area contributed by atoms with Crippen molar-refractivity contribution >= 4 is 34.5 Å². The van der Waals surface area contributed by atoms with Crippen LogP contribution < -0.4 is 0 Å². The smallest absolute Gasteiger partial charge is 0.335 e. The summed E-state index contributed by atoms with van der Waals surface area (Å²) in [6.45, 7) is 1.84. The molecule has 0 radical (unpaired) electrons. The summed E-state index contributed by atoms with van der Waals surface area (Å²) in [4.78, 5) is 21.8. The summed E-state index contributed by atoms with van der Waals surface area (Å²) in [5.74, 6) is -1.93. The minimum atomic E-state index is -0.965. The molecule has 2 aromatic rings. The maximum absolute atomic E-state index is 10.9. The Bertz CT molecular complexity index is 646. The maximum Gasteiger partial charge on any atom is 0.335 e. The van der Waals surface area contributed by atoms with Crippen molar-refractivity contribution in [1.29, 1.82) is 0 Å². The Morgan fingerprint density at radius 1 is 0.900 bits per heavy atom. The molecule has 2 N–H and O–H groups in total. The average molecular weight is 382 g/mol. The number of rotatable bonds is 3. The first-order valence-corrected chi connectivity index (χ1v) is 6.85. The van der Waals surface area contributed by atoms with Gasteiger partial charge in [0, 0.05) is 3.57 Å². The zero-order valence-corrected chi connectivity index (χ0v) is 12.7. The van der Waals surface area contributed by atoms with Crippen molar-refractivity contribution in [2.24, 2.45) is 0 Å². The molecule has 2 rings (SSSR count). The lowest BCUT2D eigenvalue weighted by molar-refractivity contribution is 0.0686. The molecule has 4 nitrogen and oxygen atoms in total. The van der Waals surface area contributed by atoms with Crippen molar-refractivity contribution in [2.75, 3.05) is 0 Å². The first-order valence-electron chi connectivity index (χ1n) is 5.77. The fraction of sp³-hybridized carbons (Fsp3) is 0.0667. The number of halogens is 1. The molecule has 0 unspecified atom stereocenters. The Balaban J connectivity index is 2.52. The van der Waals surface area contributed by atoms with Crippen molar-refractivity contribution in [3.8, 4) is 11.1 Å². The monoisotopic (exact) mass is 382 g/mol. The van der Waals surface area contributed by atoms with Crippen LogP contribution in [0.3, 0.4) is 0 Å². The van der Waals surface area contributed by atoms with E-state index in [1.807, 2.05) is 6.92 Å². The molecule has 102 valence electrons. The third kappa shape index (κ3) is 2.82. The molecule has 0 aliphatic rings. The van der Waals surface area contributed by atoms with E-state index in [1.54, 1.807) is 36.4 Å². The van der Waals surface area contributed by atoms with Crippen molar-refractivity contribution < 1.29 is 19.8 Å². The SMILES string of the molecule is Cc1cc(C(=O)O)ccc1-c1ccc(C(=O)O)cc1I. The average Bonchev–Trinajstić information content (AvgIpc) is 2.38. The Morgan fingerprint density at radius 2 is 1.40 bits per heavy atom. The Labute approximate surface area is 129 Å². The van der Waals surface area contributed by atoms with Crippen molar-refractivity contribution in [1.82, 2.24) is 0 Å². The van der Waals surface area contributed by atoms with Gasteiger partial charge >= 0.3 is 11.9 Å². The lowest BCUT2D eigenvalue weighted by Crippen LogP contribution is -1.99. The Hall–Kier alpha value is -1.89. The zero-order chi connectivity index (χ0) is 14.9. The molecular formula is C15H11IO4. The molecule has 0 aliphatic heterocycles. The molecule has 2 aromatic carbocycles. The highest BCUT2D eigenvalue weighted by Gasteiger charge is 2.11. The number of hydrogen-bond donors (Lipinski definition) is 2. The van der Waals surface area contributed by atoms with Gasteiger partial charge in [-0.05, 0) is 70.5 Å². The summed E-state index contributed by atoms with van der Waals surface area (Å²) in [7, 11) is 0. The number of benzene rings is 2. The predicted octanol–water partition coefficient (Wildman–Crippen LogP) is 3.66. The van der Waals surface area contributed by atoms with Gasteiger partial charge in [0.15, 0.2) is 0 Å². The molecule has 0 aromatic heterocycles. The fourth-order valence-electron chi connectivity index (χ4n) is 1.97. The number of aryl methyl sites for hydroxylation is 1. The first kappa shape index (κ1) is 14.5. The number of carboxylic acid groups (broad SMARTS) is 2. The molecular weight excluding hydrogens is 371 g/mol. The van der Waals surface area contributed by atoms with Crippen molar-refractivity contribution in [3.05, 3.63) is 56.7 Å². The molecule has 0 spiro atoms. The van der Waals surface area contributed by atoms with Crippen LogP contribution in [0.4, 0.5) is 0 Å². The van der Waals surface area contributed by atoms with Gasteiger partial charge < -0.3 is 10.2 Å². The molecule has 0 heterocycles. The van der Waals surface area contributed by atoms with Gasteiger partial charge in [-0.15, -0.1) is 0 Å². The summed E-state index contributed by atoms with van der Waals surface area (Å²) in [5, 5.41) is 17.9. The zero-order valence-electron chi connectivity index (χ0n) is 10.6. The van der Waals surface area contributed by atoms with E-state index in [2.05, 4.69) is 22.6 Å². The quantitative estimate of drug-likeness (QED) is 0.795. The van der Waals surface area contributed by atoms with Gasteiger partial charge in [-0.25, -0.2) is 9.59 Å². The van der Waals surface area contributed by atoms with Crippen molar-refractivity contribution in [2.45, 2.75) is 6.92 Å². The molecule has 5 heteroatoms. The molecule has 0 fully saturated rings. The second-order valence-corrected chi connectivity index (χ2v) is 5.50. The molecule has 0 saturated carbocycles. The molecule has 0 aliphatic carbocycles. The van der Waals surface area contributed by atoms with Crippen LogP contribution in [0.5, 0.6) is 0 Å². The van der Waals surface area contributed by atoms with Crippen LogP contribution in [0.2, 0.25) is 0 Å². The topological polar surface area (TPSA) is 74.6 Å². The second kappa shape index (κ2) is 5.62. The minimum Gasteiger partial charge on any atom is -0.478 e. The summed E-state index contributed by atoms with van der Waals surface area (Å²) < 4.78 is 0.814. The number of carboxylic acids is 2. The van der Waals surface area contributed by atoms with E-state index in [1.165, 1.54) is 0 Å². The van der Waals surface area contributed by atoms with Crippen LogP contribution in [0.15, 0.2) is 36.4 Å². The highest BCUT2D eigenvalue weighted by Crippen LogP contribution is 2.29. The van der Waals surface area contributed by atoms with Crippen molar-refractivity contribution in [3.63, 3.8) is 0 Å². The maximum atomic E-state index is 10.9.